The molecule has 0 aromatic heterocycles. The number of benzene rings is 2. The molecule has 3 N–H and O–H groups in total. The van der Waals surface area contributed by atoms with E-state index in [0.717, 1.165) is 15.8 Å². The van der Waals surface area contributed by atoms with Crippen LogP contribution < -0.4 is 20.7 Å². The molecule has 164 valence electrons. The van der Waals surface area contributed by atoms with E-state index in [1.807, 2.05) is 35.2 Å². The highest BCUT2D eigenvalue weighted by atomic mass is 79.9. The van der Waals surface area contributed by atoms with Gasteiger partial charge in [0.25, 0.3) is 0 Å². The predicted molar refractivity (Wildman–Crippen MR) is 130 cm³/mol. The average molecular weight is 571 g/mol. The fraction of sp³-hybridized carbons (Fsp3) is 0.286. The smallest absolute Gasteiger partial charge is 0.315 e. The third kappa shape index (κ3) is 5.19. The van der Waals surface area contributed by atoms with Crippen LogP contribution in [0.2, 0.25) is 0 Å². The molecular formula is C21H21Br2N3O4S. The largest absolute Gasteiger partial charge is 0.465 e. The molecule has 1 heterocycles. The zero-order valence-electron chi connectivity index (χ0n) is 16.9. The highest BCUT2D eigenvalue weighted by molar-refractivity contribution is 9.10. The van der Waals surface area contributed by atoms with E-state index in [4.69, 9.17) is 27.4 Å². The van der Waals surface area contributed by atoms with Crippen molar-refractivity contribution in [2.45, 2.75) is 25.8 Å². The number of nitrogens with two attached hydrogens (primary N) is 1. The Morgan fingerprint density at radius 1 is 1.23 bits per heavy atom. The molecule has 0 spiro atoms. The minimum atomic E-state index is -0.650. The fourth-order valence-electron chi connectivity index (χ4n) is 3.65. The Kier molecular flexibility index (Phi) is 7.55. The summed E-state index contributed by atoms with van der Waals surface area (Å²) in [7, 11) is 0. The van der Waals surface area contributed by atoms with E-state index in [-0.39, 0.29) is 23.7 Å². The van der Waals surface area contributed by atoms with Gasteiger partial charge in [0.05, 0.1) is 17.1 Å². The predicted octanol–water partition coefficient (Wildman–Crippen LogP) is 4.14. The summed E-state index contributed by atoms with van der Waals surface area (Å²) in [6.45, 7) is 3.63. The molecule has 2 unspecified atom stereocenters. The van der Waals surface area contributed by atoms with Crippen LogP contribution in [0.4, 0.5) is 11.4 Å². The van der Waals surface area contributed by atoms with Crippen molar-refractivity contribution in [1.82, 2.24) is 5.32 Å². The van der Waals surface area contributed by atoms with E-state index in [9.17, 15) is 9.59 Å². The summed E-state index contributed by atoms with van der Waals surface area (Å²) < 4.78 is 12.2. The molecule has 10 heteroatoms. The van der Waals surface area contributed by atoms with Gasteiger partial charge in [-0.25, -0.2) is 0 Å². The quantitative estimate of drug-likeness (QED) is 0.304. The second-order valence-corrected chi connectivity index (χ2v) is 9.03. The summed E-state index contributed by atoms with van der Waals surface area (Å²) in [5.41, 5.74) is 8.03. The first-order valence-corrected chi connectivity index (χ1v) is 11.5. The maximum Gasteiger partial charge on any atom is 0.315 e. The molecule has 0 radical (unpaired) electrons. The summed E-state index contributed by atoms with van der Waals surface area (Å²) in [5.74, 6) is -1.15. The van der Waals surface area contributed by atoms with Gasteiger partial charge in [0.15, 0.2) is 5.11 Å². The summed E-state index contributed by atoms with van der Waals surface area (Å²) >= 11 is 11.9. The van der Waals surface area contributed by atoms with Crippen molar-refractivity contribution >= 4 is 72.5 Å². The maximum atomic E-state index is 13.0. The molecule has 0 aliphatic carbocycles. The third-order valence-electron chi connectivity index (χ3n) is 4.78. The average Bonchev–Trinajstić information content (AvgIpc) is 3.00. The van der Waals surface area contributed by atoms with E-state index in [2.05, 4.69) is 37.2 Å². The van der Waals surface area contributed by atoms with E-state index in [1.54, 1.807) is 13.0 Å². The van der Waals surface area contributed by atoms with Crippen LogP contribution in [0.5, 0.6) is 5.75 Å². The number of esters is 2. The molecule has 2 aromatic carbocycles. The minimum absolute atomic E-state index is 0.135. The van der Waals surface area contributed by atoms with Gasteiger partial charge in [0.1, 0.15) is 11.7 Å². The summed E-state index contributed by atoms with van der Waals surface area (Å²) in [5, 5.41) is 3.11. The van der Waals surface area contributed by atoms with Crippen molar-refractivity contribution in [1.29, 1.82) is 0 Å². The highest BCUT2D eigenvalue weighted by Crippen LogP contribution is 2.49. The number of hydrogen-bond acceptors (Lipinski definition) is 6. The van der Waals surface area contributed by atoms with E-state index in [1.165, 1.54) is 6.92 Å². The van der Waals surface area contributed by atoms with Gasteiger partial charge in [0, 0.05) is 29.3 Å². The Morgan fingerprint density at radius 3 is 2.48 bits per heavy atom. The van der Waals surface area contributed by atoms with E-state index >= 15 is 0 Å². The topological polar surface area (TPSA) is 93.9 Å². The van der Waals surface area contributed by atoms with Crippen LogP contribution in [0.1, 0.15) is 25.3 Å². The van der Waals surface area contributed by atoms with Crippen molar-refractivity contribution in [3.8, 4) is 5.75 Å². The Morgan fingerprint density at radius 2 is 1.90 bits per heavy atom. The second kappa shape index (κ2) is 9.97. The van der Waals surface area contributed by atoms with Crippen molar-refractivity contribution in [3.63, 3.8) is 0 Å². The van der Waals surface area contributed by atoms with Crippen molar-refractivity contribution < 1.29 is 19.1 Å². The SMILES string of the molecule is CCOC(=O)C1c2cc(OC(C)=O)c(Br)cc2N(c2ccc(Br)cc2)C1CNC(N)=S. The van der Waals surface area contributed by atoms with E-state index < -0.39 is 11.9 Å². The number of carbonyl (C=O) groups is 2. The van der Waals surface area contributed by atoms with Gasteiger partial charge >= 0.3 is 11.9 Å². The maximum absolute atomic E-state index is 13.0. The lowest BCUT2D eigenvalue weighted by atomic mass is 9.94. The Bertz CT molecular complexity index is 1020. The van der Waals surface area contributed by atoms with Crippen LogP contribution in [0.3, 0.4) is 0 Å². The lowest BCUT2D eigenvalue weighted by Crippen LogP contribution is -2.45. The van der Waals surface area contributed by atoms with Crippen molar-refractivity contribution in [3.05, 3.63) is 50.9 Å². The zero-order valence-corrected chi connectivity index (χ0v) is 20.8. The van der Waals surface area contributed by atoms with Crippen molar-refractivity contribution in [2.75, 3.05) is 18.1 Å². The number of nitrogens with one attached hydrogen (secondary N) is 1. The molecule has 0 fully saturated rings. The molecule has 3 rings (SSSR count). The summed E-state index contributed by atoms with van der Waals surface area (Å²) in [4.78, 5) is 26.6. The Labute approximate surface area is 202 Å². The standard InChI is InChI=1S/C21H21Br2N3O4S/c1-3-29-20(28)19-14-8-18(30-11(2)27)15(23)9-16(14)26(17(19)10-25-21(24)31)13-6-4-12(22)5-7-13/h4-9,17,19H,3,10H2,1-2H3,(H3,24,25,31). The number of fused-ring (bicyclic) bond motifs is 1. The number of rotatable bonds is 6. The molecule has 0 saturated carbocycles. The molecule has 31 heavy (non-hydrogen) atoms. The molecule has 0 bridgehead atoms. The van der Waals surface area contributed by atoms with Gasteiger partial charge in [-0.15, -0.1) is 0 Å². The highest BCUT2D eigenvalue weighted by Gasteiger charge is 2.45. The van der Waals surface area contributed by atoms with Gasteiger partial charge < -0.3 is 25.4 Å². The summed E-state index contributed by atoms with van der Waals surface area (Å²) in [6, 6.07) is 10.9. The number of carbonyl (C=O) groups excluding carboxylic acids is 2. The Hall–Kier alpha value is -2.17. The number of ether oxygens (including phenoxy) is 2. The lowest BCUT2D eigenvalue weighted by Gasteiger charge is -2.30. The number of thiocarbonyl (C=S) groups is 1. The van der Waals surface area contributed by atoms with Gasteiger partial charge in [-0.05, 0) is 77.0 Å². The first kappa shape index (κ1) is 23.5. The van der Waals surface area contributed by atoms with Crippen LogP contribution in [0.25, 0.3) is 0 Å². The molecule has 7 nitrogen and oxygen atoms in total. The van der Waals surface area contributed by atoms with Gasteiger partial charge in [-0.3, -0.25) is 9.59 Å². The van der Waals surface area contributed by atoms with Gasteiger partial charge in [-0.2, -0.15) is 0 Å². The monoisotopic (exact) mass is 569 g/mol. The van der Waals surface area contributed by atoms with E-state index in [0.29, 0.717) is 22.3 Å². The fourth-order valence-corrected chi connectivity index (χ4v) is 4.41. The molecule has 2 atom stereocenters. The number of hydrogen-bond donors (Lipinski definition) is 2. The Balaban J connectivity index is 2.19. The molecule has 0 saturated heterocycles. The van der Waals surface area contributed by atoms with Crippen LogP contribution in [0.15, 0.2) is 45.3 Å². The number of nitrogens with zero attached hydrogens (tertiary/aromatic N) is 1. The number of anilines is 2. The van der Waals surface area contributed by atoms with Crippen LogP contribution in [-0.4, -0.2) is 36.2 Å². The van der Waals surface area contributed by atoms with Gasteiger partial charge in [0.2, 0.25) is 0 Å². The molecule has 2 aromatic rings. The van der Waals surface area contributed by atoms with Gasteiger partial charge in [-0.1, -0.05) is 15.9 Å². The molecular weight excluding hydrogens is 550 g/mol. The third-order valence-corrected chi connectivity index (χ3v) is 6.07. The first-order chi connectivity index (χ1) is 14.7. The van der Waals surface area contributed by atoms with Crippen LogP contribution >= 0.6 is 44.1 Å². The number of halogens is 2. The second-order valence-electron chi connectivity index (χ2n) is 6.82. The minimum Gasteiger partial charge on any atom is -0.465 e. The normalized spacial score (nSPS) is 17.1. The van der Waals surface area contributed by atoms with Crippen molar-refractivity contribution in [2.24, 2.45) is 5.73 Å². The summed E-state index contributed by atoms with van der Waals surface area (Å²) in [6.07, 6.45) is 0. The van der Waals surface area contributed by atoms with Crippen LogP contribution in [0, 0.1) is 0 Å². The molecule has 1 aliphatic rings. The first-order valence-electron chi connectivity index (χ1n) is 9.49. The zero-order chi connectivity index (χ0) is 22.7. The van der Waals surface area contributed by atoms with Crippen LogP contribution in [-0.2, 0) is 14.3 Å². The molecule has 0 amide bonds. The molecule has 1 aliphatic heterocycles. The lowest BCUT2D eigenvalue weighted by molar-refractivity contribution is -0.145.